The Bertz CT molecular complexity index is 678. The lowest BCUT2D eigenvalue weighted by Crippen LogP contribution is -2.36. The molecule has 2 rings (SSSR count). The monoisotopic (exact) mass is 446 g/mol. The fourth-order valence-electron chi connectivity index (χ4n) is 3.71. The Morgan fingerprint density at radius 3 is 2.43 bits per heavy atom. The molecule has 1 aliphatic carbocycles. The Labute approximate surface area is 180 Å². The molecule has 1 heterocycles. The molecule has 0 aromatic carbocycles. The molecule has 4 nitrogen and oxygen atoms in total. The minimum atomic E-state index is -3.15. The normalized spacial score (nSPS) is 22.1. The lowest BCUT2D eigenvalue weighted by Gasteiger charge is -2.32. The molecule has 0 saturated heterocycles. The van der Waals surface area contributed by atoms with Gasteiger partial charge in [-0.2, -0.15) is 0 Å². The van der Waals surface area contributed by atoms with Gasteiger partial charge in [0.15, 0.2) is 0 Å². The number of hydrogen-bond donors (Lipinski definition) is 2. The molecule has 1 aliphatic rings. The molecule has 1 unspecified atom stereocenters. The van der Waals surface area contributed by atoms with Crippen LogP contribution in [0.4, 0.5) is 0 Å². The maximum Gasteiger partial charge on any atom is 0.213 e. The van der Waals surface area contributed by atoms with Crippen LogP contribution in [0.2, 0.25) is 0 Å². The molecule has 0 aliphatic heterocycles. The predicted molar refractivity (Wildman–Crippen MR) is 125 cm³/mol. The molecule has 1 fully saturated rings. The van der Waals surface area contributed by atoms with E-state index >= 15 is 0 Å². The molecule has 0 spiro atoms. The molecular formula is C21H38N2O2S3. The molecule has 162 valence electrons. The van der Waals surface area contributed by atoms with E-state index in [1.165, 1.54) is 36.1 Å². The Kier molecular flexibility index (Phi) is 9.81. The summed E-state index contributed by atoms with van der Waals surface area (Å²) in [6.45, 7) is 11.7. The summed E-state index contributed by atoms with van der Waals surface area (Å²) in [5.74, 6) is 1.72. The maximum absolute atomic E-state index is 12.0. The van der Waals surface area contributed by atoms with Crippen LogP contribution >= 0.6 is 23.3 Å². The van der Waals surface area contributed by atoms with Gasteiger partial charge in [0.1, 0.15) is 0 Å². The average molecular weight is 447 g/mol. The maximum atomic E-state index is 12.0. The van der Waals surface area contributed by atoms with Crippen LogP contribution in [-0.2, 0) is 16.4 Å². The molecule has 2 N–H and O–H groups in total. The standard InChI is InChI=1S/C21H38N2O2S3/c1-15(2)27-22-11-10-18-12-21(26-14-18)20-8-6-19(7-9-20)17(5)13-23-28(24,25)16(3)4/h12,14-17,19-20,22-23H,6-11,13H2,1-5H3. The van der Waals surface area contributed by atoms with Gasteiger partial charge in [-0.15, -0.1) is 11.3 Å². The van der Waals surface area contributed by atoms with Gasteiger partial charge in [-0.05, 0) is 80.7 Å². The summed E-state index contributed by atoms with van der Waals surface area (Å²) in [6.07, 6.45) is 5.96. The first-order chi connectivity index (χ1) is 13.2. The summed E-state index contributed by atoms with van der Waals surface area (Å²) in [5, 5.41) is 2.59. The van der Waals surface area contributed by atoms with E-state index in [-0.39, 0.29) is 5.25 Å². The van der Waals surface area contributed by atoms with E-state index in [2.05, 4.69) is 41.7 Å². The summed E-state index contributed by atoms with van der Waals surface area (Å²) in [4.78, 5) is 1.54. The van der Waals surface area contributed by atoms with Crippen molar-refractivity contribution < 1.29 is 8.42 Å². The zero-order valence-corrected chi connectivity index (χ0v) is 20.5. The first-order valence-electron chi connectivity index (χ1n) is 10.6. The lowest BCUT2D eigenvalue weighted by atomic mass is 9.76. The minimum absolute atomic E-state index is 0.359. The summed E-state index contributed by atoms with van der Waals surface area (Å²) in [6, 6.07) is 2.41. The second-order valence-corrected chi connectivity index (χ2v) is 13.4. The van der Waals surface area contributed by atoms with Crippen LogP contribution in [-0.4, -0.2) is 32.0 Å². The fraction of sp³-hybridized carbons (Fsp3) is 0.810. The van der Waals surface area contributed by atoms with E-state index in [4.69, 9.17) is 0 Å². The molecule has 1 aromatic rings. The third kappa shape index (κ3) is 7.63. The summed E-state index contributed by atoms with van der Waals surface area (Å²) in [7, 11) is -3.15. The van der Waals surface area contributed by atoms with Crippen LogP contribution < -0.4 is 9.44 Å². The topological polar surface area (TPSA) is 58.2 Å². The average Bonchev–Trinajstić information content (AvgIpc) is 3.12. The Morgan fingerprint density at radius 2 is 1.82 bits per heavy atom. The second kappa shape index (κ2) is 11.3. The lowest BCUT2D eigenvalue weighted by molar-refractivity contribution is 0.247. The highest BCUT2D eigenvalue weighted by Crippen LogP contribution is 2.40. The number of thiophene rings is 1. The van der Waals surface area contributed by atoms with Gasteiger partial charge in [-0.1, -0.05) is 32.7 Å². The van der Waals surface area contributed by atoms with Crippen molar-refractivity contribution in [3.05, 3.63) is 21.9 Å². The predicted octanol–water partition coefficient (Wildman–Crippen LogP) is 5.17. The Hall–Kier alpha value is -0.0800. The van der Waals surface area contributed by atoms with Crippen LogP contribution in [0.15, 0.2) is 11.4 Å². The van der Waals surface area contributed by atoms with E-state index < -0.39 is 10.0 Å². The smallest absolute Gasteiger partial charge is 0.213 e. The van der Waals surface area contributed by atoms with Crippen LogP contribution in [0.3, 0.4) is 0 Å². The molecular weight excluding hydrogens is 408 g/mol. The molecule has 28 heavy (non-hydrogen) atoms. The highest BCUT2D eigenvalue weighted by atomic mass is 32.2. The zero-order valence-electron chi connectivity index (χ0n) is 18.0. The van der Waals surface area contributed by atoms with Crippen LogP contribution in [0.5, 0.6) is 0 Å². The highest BCUT2D eigenvalue weighted by Gasteiger charge is 2.28. The molecule has 1 aromatic heterocycles. The molecule has 0 radical (unpaired) electrons. The largest absolute Gasteiger partial charge is 0.264 e. The van der Waals surface area contributed by atoms with Crippen molar-refractivity contribution in [1.82, 2.24) is 9.44 Å². The molecule has 0 amide bonds. The highest BCUT2D eigenvalue weighted by molar-refractivity contribution is 7.97. The molecule has 1 saturated carbocycles. The van der Waals surface area contributed by atoms with E-state index in [0.717, 1.165) is 13.0 Å². The second-order valence-electron chi connectivity index (χ2n) is 8.70. The number of sulfonamides is 1. The SMILES string of the molecule is CC(C)SNCCc1csc(C2CCC(C(C)CNS(=O)(=O)C(C)C)CC2)c1. The van der Waals surface area contributed by atoms with E-state index in [1.807, 2.05) is 11.3 Å². The third-order valence-electron chi connectivity index (χ3n) is 5.71. The van der Waals surface area contributed by atoms with Gasteiger partial charge >= 0.3 is 0 Å². The summed E-state index contributed by atoms with van der Waals surface area (Å²) < 4.78 is 30.2. The summed E-state index contributed by atoms with van der Waals surface area (Å²) >= 11 is 3.73. The van der Waals surface area contributed by atoms with Gasteiger partial charge in [-0.3, -0.25) is 4.72 Å². The van der Waals surface area contributed by atoms with Crippen molar-refractivity contribution in [2.45, 2.75) is 83.1 Å². The van der Waals surface area contributed by atoms with Crippen molar-refractivity contribution >= 4 is 33.3 Å². The summed E-state index contributed by atoms with van der Waals surface area (Å²) in [5.41, 5.74) is 1.45. The molecule has 7 heteroatoms. The van der Waals surface area contributed by atoms with Gasteiger partial charge in [0, 0.05) is 23.2 Å². The zero-order chi connectivity index (χ0) is 20.7. The van der Waals surface area contributed by atoms with Gasteiger partial charge in [0.25, 0.3) is 0 Å². The van der Waals surface area contributed by atoms with Crippen molar-refractivity contribution in [3.63, 3.8) is 0 Å². The number of hydrogen-bond acceptors (Lipinski definition) is 5. The van der Waals surface area contributed by atoms with Crippen molar-refractivity contribution in [1.29, 1.82) is 0 Å². The number of nitrogens with one attached hydrogen (secondary N) is 2. The minimum Gasteiger partial charge on any atom is -0.264 e. The Balaban J connectivity index is 1.74. The quantitative estimate of drug-likeness (QED) is 0.363. The van der Waals surface area contributed by atoms with Crippen LogP contribution in [0.25, 0.3) is 0 Å². The molecule has 0 bridgehead atoms. The van der Waals surface area contributed by atoms with Gasteiger partial charge in [-0.25, -0.2) is 13.1 Å². The first-order valence-corrected chi connectivity index (χ1v) is 13.9. The van der Waals surface area contributed by atoms with Crippen molar-refractivity contribution in [3.8, 4) is 0 Å². The van der Waals surface area contributed by atoms with E-state index in [1.54, 1.807) is 25.8 Å². The van der Waals surface area contributed by atoms with Crippen molar-refractivity contribution in [2.24, 2.45) is 11.8 Å². The van der Waals surface area contributed by atoms with Crippen LogP contribution in [0, 0.1) is 11.8 Å². The van der Waals surface area contributed by atoms with Gasteiger partial charge < -0.3 is 0 Å². The van der Waals surface area contributed by atoms with E-state index in [0.29, 0.717) is 29.5 Å². The molecule has 1 atom stereocenters. The van der Waals surface area contributed by atoms with Crippen LogP contribution in [0.1, 0.15) is 76.7 Å². The fourth-order valence-corrected chi connectivity index (χ4v) is 6.22. The third-order valence-corrected chi connectivity index (χ3v) is 9.51. The van der Waals surface area contributed by atoms with Crippen molar-refractivity contribution in [2.75, 3.05) is 13.1 Å². The van der Waals surface area contributed by atoms with Gasteiger partial charge in [0.05, 0.1) is 5.25 Å². The Morgan fingerprint density at radius 1 is 1.14 bits per heavy atom. The van der Waals surface area contributed by atoms with E-state index in [9.17, 15) is 8.42 Å². The number of rotatable bonds is 11. The van der Waals surface area contributed by atoms with Gasteiger partial charge in [0.2, 0.25) is 10.0 Å². The first kappa shape index (κ1) is 24.2.